The van der Waals surface area contributed by atoms with Crippen LogP contribution < -0.4 is 15.8 Å². The molecule has 1 unspecified atom stereocenters. The van der Waals surface area contributed by atoms with Gasteiger partial charge in [-0.15, -0.1) is 0 Å². The second-order valence-corrected chi connectivity index (χ2v) is 10.5. The lowest BCUT2D eigenvalue weighted by molar-refractivity contribution is 0.1000. The molecule has 9 nitrogen and oxygen atoms in total. The number of carbonyl (C=O) groups is 2. The summed E-state index contributed by atoms with van der Waals surface area (Å²) in [4.78, 5) is 28.1. The number of hydrogen-bond donors (Lipinski definition) is 3. The molecule has 10 heteroatoms. The van der Waals surface area contributed by atoms with Gasteiger partial charge in [-0.3, -0.25) is 4.79 Å². The van der Waals surface area contributed by atoms with Crippen LogP contribution in [-0.4, -0.2) is 69.1 Å². The van der Waals surface area contributed by atoms with E-state index >= 15 is 0 Å². The highest BCUT2D eigenvalue weighted by molar-refractivity contribution is 7.90. The minimum absolute atomic E-state index is 0.0798. The molecular weight excluding hydrogens is 406 g/mol. The van der Waals surface area contributed by atoms with E-state index in [0.717, 1.165) is 31.2 Å². The van der Waals surface area contributed by atoms with Crippen LogP contribution >= 0.6 is 0 Å². The van der Waals surface area contributed by atoms with Gasteiger partial charge in [0, 0.05) is 37.4 Å². The molecule has 1 atom stereocenters. The molecule has 1 saturated carbocycles. The van der Waals surface area contributed by atoms with Crippen molar-refractivity contribution in [1.82, 2.24) is 14.5 Å². The van der Waals surface area contributed by atoms with Crippen molar-refractivity contribution in [3.05, 3.63) is 29.3 Å². The summed E-state index contributed by atoms with van der Waals surface area (Å²) in [5.74, 6) is -0.473. The maximum Gasteiger partial charge on any atom is 0.321 e. The predicted molar refractivity (Wildman–Crippen MR) is 116 cm³/mol. The van der Waals surface area contributed by atoms with Gasteiger partial charge in [0.1, 0.15) is 0 Å². The van der Waals surface area contributed by atoms with Gasteiger partial charge in [0.2, 0.25) is 15.9 Å². The van der Waals surface area contributed by atoms with Crippen molar-refractivity contribution in [2.75, 3.05) is 39.0 Å². The molecular formula is C20H31N5O4S. The van der Waals surface area contributed by atoms with E-state index in [-0.39, 0.29) is 17.2 Å². The number of sulfonamides is 1. The normalized spacial score (nSPS) is 19.7. The minimum atomic E-state index is -3.22. The highest BCUT2D eigenvalue weighted by atomic mass is 32.2. The summed E-state index contributed by atoms with van der Waals surface area (Å²) in [6.45, 7) is 2.04. The van der Waals surface area contributed by atoms with Crippen LogP contribution in [0, 0.1) is 5.92 Å². The molecule has 1 aliphatic heterocycles. The molecule has 1 aromatic rings. The Morgan fingerprint density at radius 3 is 2.60 bits per heavy atom. The zero-order chi connectivity index (χ0) is 21.9. The highest BCUT2D eigenvalue weighted by Gasteiger charge is 2.36. The number of urea groups is 1. The quantitative estimate of drug-likeness (QED) is 0.563. The van der Waals surface area contributed by atoms with Gasteiger partial charge in [-0.25, -0.2) is 17.9 Å². The molecule has 0 bridgehead atoms. The first-order valence-electron chi connectivity index (χ1n) is 10.3. The molecule has 2 fully saturated rings. The van der Waals surface area contributed by atoms with E-state index in [1.54, 1.807) is 23.1 Å². The number of primary amides is 1. The van der Waals surface area contributed by atoms with Gasteiger partial charge < -0.3 is 20.9 Å². The number of likely N-dealkylation sites (tertiary alicyclic amines) is 1. The maximum atomic E-state index is 12.9. The van der Waals surface area contributed by atoms with Gasteiger partial charge in [0.05, 0.1) is 5.25 Å². The van der Waals surface area contributed by atoms with Crippen LogP contribution in [0.4, 0.5) is 10.5 Å². The number of rotatable bonds is 8. The van der Waals surface area contributed by atoms with Crippen LogP contribution in [0.5, 0.6) is 0 Å². The smallest absolute Gasteiger partial charge is 0.321 e. The van der Waals surface area contributed by atoms with Crippen LogP contribution in [0.25, 0.3) is 0 Å². The summed E-state index contributed by atoms with van der Waals surface area (Å²) in [6.07, 6.45) is 3.15. The Morgan fingerprint density at radius 2 is 1.97 bits per heavy atom. The Bertz CT molecular complexity index is 898. The lowest BCUT2D eigenvalue weighted by Crippen LogP contribution is -2.45. The molecule has 1 aromatic carbocycles. The number of benzene rings is 1. The first-order valence-corrected chi connectivity index (χ1v) is 11.8. The van der Waals surface area contributed by atoms with E-state index in [1.807, 2.05) is 19.0 Å². The Balaban J connectivity index is 1.64. The zero-order valence-electron chi connectivity index (χ0n) is 17.6. The van der Waals surface area contributed by atoms with Crippen molar-refractivity contribution in [1.29, 1.82) is 0 Å². The van der Waals surface area contributed by atoms with Gasteiger partial charge >= 0.3 is 6.03 Å². The van der Waals surface area contributed by atoms with Gasteiger partial charge in [-0.1, -0.05) is 6.07 Å². The fourth-order valence-electron chi connectivity index (χ4n) is 3.67. The molecule has 3 rings (SSSR count). The molecule has 4 N–H and O–H groups in total. The Hall–Kier alpha value is -2.17. The number of amides is 3. The average molecular weight is 438 g/mol. The summed E-state index contributed by atoms with van der Waals surface area (Å²) in [5.41, 5.74) is 7.16. The summed E-state index contributed by atoms with van der Waals surface area (Å²) < 4.78 is 26.8. The van der Waals surface area contributed by atoms with Crippen molar-refractivity contribution >= 4 is 27.6 Å². The number of carbonyl (C=O) groups excluding carboxylic acids is 2. The molecule has 1 heterocycles. The third kappa shape index (κ3) is 5.93. The monoisotopic (exact) mass is 437 g/mol. The summed E-state index contributed by atoms with van der Waals surface area (Å²) in [5, 5.41) is 2.67. The lowest BCUT2D eigenvalue weighted by Gasteiger charge is -2.33. The molecule has 30 heavy (non-hydrogen) atoms. The van der Waals surface area contributed by atoms with E-state index in [4.69, 9.17) is 5.73 Å². The maximum absolute atomic E-state index is 12.9. The first-order chi connectivity index (χ1) is 14.2. The van der Waals surface area contributed by atoms with E-state index in [9.17, 15) is 18.0 Å². The van der Waals surface area contributed by atoms with Crippen LogP contribution in [0.3, 0.4) is 0 Å². The van der Waals surface area contributed by atoms with E-state index < -0.39 is 15.9 Å². The fraction of sp³-hybridized carbons (Fsp3) is 0.600. The molecule has 1 aliphatic carbocycles. The third-order valence-corrected chi connectivity index (χ3v) is 7.38. The van der Waals surface area contributed by atoms with E-state index in [1.165, 1.54) is 0 Å². The third-order valence-electron chi connectivity index (χ3n) is 5.47. The van der Waals surface area contributed by atoms with Gasteiger partial charge in [-0.05, 0) is 63.4 Å². The van der Waals surface area contributed by atoms with Crippen LogP contribution in [0.15, 0.2) is 18.2 Å². The van der Waals surface area contributed by atoms with Crippen LogP contribution in [0.2, 0.25) is 0 Å². The summed E-state index contributed by atoms with van der Waals surface area (Å²) >= 11 is 0. The van der Waals surface area contributed by atoms with E-state index in [2.05, 4.69) is 10.0 Å². The molecule has 166 valence electrons. The molecule has 3 amide bonds. The van der Waals surface area contributed by atoms with Crippen LogP contribution in [-0.2, 0) is 16.6 Å². The Morgan fingerprint density at radius 1 is 1.23 bits per heavy atom. The van der Waals surface area contributed by atoms with Crippen molar-refractivity contribution in [3.63, 3.8) is 0 Å². The molecule has 0 spiro atoms. The largest absolute Gasteiger partial charge is 0.366 e. The number of nitrogens with one attached hydrogen (secondary N) is 2. The topological polar surface area (TPSA) is 125 Å². The number of nitrogens with zero attached hydrogens (tertiary/aromatic N) is 2. The SMILES string of the molecule is CN(C)Cc1ccc(C(N)=O)cc1NC(=O)N1CCCC(CNS(=O)(=O)C2CC2)C1. The minimum Gasteiger partial charge on any atom is -0.366 e. The Labute approximate surface area is 178 Å². The molecule has 1 saturated heterocycles. The van der Waals surface area contributed by atoms with Crippen molar-refractivity contribution in [3.8, 4) is 0 Å². The zero-order valence-corrected chi connectivity index (χ0v) is 18.4. The van der Waals surface area contributed by atoms with Gasteiger partial charge in [0.25, 0.3) is 0 Å². The second kappa shape index (κ2) is 9.32. The summed E-state index contributed by atoms with van der Waals surface area (Å²) in [6, 6.07) is 4.79. The van der Waals surface area contributed by atoms with Gasteiger partial charge in [0.15, 0.2) is 0 Å². The Kier molecular flexibility index (Phi) is 6.99. The van der Waals surface area contributed by atoms with Crippen molar-refractivity contribution in [2.45, 2.75) is 37.5 Å². The number of piperidine rings is 1. The first kappa shape index (κ1) is 22.5. The van der Waals surface area contributed by atoms with Gasteiger partial charge in [-0.2, -0.15) is 0 Å². The highest BCUT2D eigenvalue weighted by Crippen LogP contribution is 2.28. The van der Waals surface area contributed by atoms with E-state index in [0.29, 0.717) is 37.4 Å². The number of nitrogens with two attached hydrogens (primary N) is 1. The average Bonchev–Trinajstić information content (AvgIpc) is 3.53. The predicted octanol–water partition coefficient (Wildman–Crippen LogP) is 1.17. The standard InChI is InChI=1S/C20H31N5O4S/c1-24(2)13-16-6-5-15(19(21)26)10-18(16)23-20(27)25-9-3-4-14(12-25)11-22-30(28,29)17-7-8-17/h5-6,10,14,17,22H,3-4,7-9,11-13H2,1-2H3,(H2,21,26)(H,23,27). The second-order valence-electron chi connectivity index (χ2n) is 8.45. The molecule has 0 aromatic heterocycles. The van der Waals surface area contributed by atoms with Crippen molar-refractivity contribution in [2.24, 2.45) is 11.7 Å². The lowest BCUT2D eigenvalue weighted by atomic mass is 9.98. The number of hydrogen-bond acceptors (Lipinski definition) is 5. The van der Waals surface area contributed by atoms with Crippen LogP contribution in [0.1, 0.15) is 41.6 Å². The summed E-state index contributed by atoms with van der Waals surface area (Å²) in [7, 11) is 0.624. The van der Waals surface area contributed by atoms with Crippen molar-refractivity contribution < 1.29 is 18.0 Å². The fourth-order valence-corrected chi connectivity index (χ4v) is 5.13. The molecule has 0 radical (unpaired) electrons. The molecule has 2 aliphatic rings. The number of anilines is 1.